The first-order chi connectivity index (χ1) is 10.5. The highest BCUT2D eigenvalue weighted by Gasteiger charge is 2.20. The third-order valence-corrected chi connectivity index (χ3v) is 4.14. The quantitative estimate of drug-likeness (QED) is 0.862. The van der Waals surface area contributed by atoms with Gasteiger partial charge in [-0.1, -0.05) is 20.8 Å². The van der Waals surface area contributed by atoms with Gasteiger partial charge in [0.1, 0.15) is 5.69 Å². The van der Waals surface area contributed by atoms with Crippen LogP contribution < -0.4 is 5.32 Å². The van der Waals surface area contributed by atoms with Gasteiger partial charge in [0.25, 0.3) is 5.91 Å². The minimum Gasteiger partial charge on any atom is -0.375 e. The number of hydrogen-bond acceptors (Lipinski definition) is 4. The molecule has 0 radical (unpaired) electrons. The maximum absolute atomic E-state index is 12.2. The number of rotatable bonds is 6. The van der Waals surface area contributed by atoms with E-state index in [4.69, 9.17) is 4.74 Å². The summed E-state index contributed by atoms with van der Waals surface area (Å²) in [6.07, 6.45) is 1.06. The molecule has 1 aromatic rings. The Morgan fingerprint density at radius 3 is 2.95 bits per heavy atom. The van der Waals surface area contributed by atoms with Crippen LogP contribution in [0.1, 0.15) is 49.3 Å². The monoisotopic (exact) mass is 308 g/mol. The van der Waals surface area contributed by atoms with Crippen molar-refractivity contribution in [2.45, 2.75) is 39.2 Å². The lowest BCUT2D eigenvalue weighted by Crippen LogP contribution is -2.43. The van der Waals surface area contributed by atoms with Gasteiger partial charge in [-0.05, 0) is 24.9 Å². The Kier molecular flexibility index (Phi) is 5.97. The molecular weight excluding hydrogens is 280 g/mol. The molecule has 124 valence electrons. The Balaban J connectivity index is 1.80. The lowest BCUT2D eigenvalue weighted by Gasteiger charge is -2.32. The summed E-state index contributed by atoms with van der Waals surface area (Å²) < 4.78 is 7.40. The molecule has 0 aromatic carbocycles. The van der Waals surface area contributed by atoms with Gasteiger partial charge < -0.3 is 10.1 Å². The molecule has 6 heteroatoms. The number of carbonyl (C=O) groups is 1. The van der Waals surface area contributed by atoms with Crippen molar-refractivity contribution in [1.29, 1.82) is 0 Å². The van der Waals surface area contributed by atoms with Gasteiger partial charge in [-0.25, -0.2) is 0 Å². The predicted molar refractivity (Wildman–Crippen MR) is 86.1 cm³/mol. The first-order valence-corrected chi connectivity index (χ1v) is 8.17. The zero-order chi connectivity index (χ0) is 16.1. The fraction of sp³-hybridized carbons (Fsp3) is 0.750. The standard InChI is InChI=1S/C16H28N4O2/c1-5-20-8-9-22-13(11-20)6-7-17-16(21)15-10-14(12(2)3)18-19(15)4/h10,12-13H,5-9,11H2,1-4H3,(H,17,21). The summed E-state index contributed by atoms with van der Waals surface area (Å²) in [6, 6.07) is 1.87. The van der Waals surface area contributed by atoms with Crippen LogP contribution in [0.5, 0.6) is 0 Å². The lowest BCUT2D eigenvalue weighted by atomic mass is 10.1. The van der Waals surface area contributed by atoms with Crippen LogP contribution in [0, 0.1) is 0 Å². The van der Waals surface area contributed by atoms with Gasteiger partial charge in [-0.2, -0.15) is 5.10 Å². The minimum atomic E-state index is -0.0648. The van der Waals surface area contributed by atoms with Crippen LogP contribution >= 0.6 is 0 Å². The van der Waals surface area contributed by atoms with E-state index in [1.165, 1.54) is 0 Å². The molecule has 22 heavy (non-hydrogen) atoms. The van der Waals surface area contributed by atoms with E-state index in [0.29, 0.717) is 18.2 Å². The number of morpholine rings is 1. The van der Waals surface area contributed by atoms with E-state index in [2.05, 4.69) is 36.1 Å². The third kappa shape index (κ3) is 4.30. The molecule has 0 aliphatic carbocycles. The van der Waals surface area contributed by atoms with Gasteiger partial charge in [-0.3, -0.25) is 14.4 Å². The molecule has 1 fully saturated rings. The van der Waals surface area contributed by atoms with Crippen LogP contribution in [-0.4, -0.2) is 59.5 Å². The van der Waals surface area contributed by atoms with Gasteiger partial charge in [0, 0.05) is 26.7 Å². The molecule has 1 aliphatic rings. The molecule has 1 atom stereocenters. The zero-order valence-electron chi connectivity index (χ0n) is 14.1. The Morgan fingerprint density at radius 2 is 2.32 bits per heavy atom. The molecule has 1 unspecified atom stereocenters. The molecule has 0 saturated carbocycles. The minimum absolute atomic E-state index is 0.0648. The lowest BCUT2D eigenvalue weighted by molar-refractivity contribution is -0.0296. The molecule has 2 heterocycles. The average Bonchev–Trinajstić information content (AvgIpc) is 2.90. The second kappa shape index (κ2) is 7.74. The van der Waals surface area contributed by atoms with E-state index in [1.807, 2.05) is 13.1 Å². The van der Waals surface area contributed by atoms with Crippen molar-refractivity contribution in [1.82, 2.24) is 20.0 Å². The van der Waals surface area contributed by atoms with Crippen molar-refractivity contribution in [3.8, 4) is 0 Å². The smallest absolute Gasteiger partial charge is 0.269 e. The molecule has 1 aromatic heterocycles. The van der Waals surface area contributed by atoms with Gasteiger partial charge in [0.05, 0.1) is 18.4 Å². The highest BCUT2D eigenvalue weighted by atomic mass is 16.5. The average molecular weight is 308 g/mol. The molecule has 1 N–H and O–H groups in total. The van der Waals surface area contributed by atoms with Crippen molar-refractivity contribution in [2.24, 2.45) is 7.05 Å². The Bertz CT molecular complexity index is 498. The Morgan fingerprint density at radius 1 is 1.55 bits per heavy atom. The molecule has 1 saturated heterocycles. The number of nitrogens with one attached hydrogen (secondary N) is 1. The van der Waals surface area contributed by atoms with Crippen molar-refractivity contribution >= 4 is 5.91 Å². The summed E-state index contributed by atoms with van der Waals surface area (Å²) in [4.78, 5) is 14.6. The Labute approximate surface area is 132 Å². The van der Waals surface area contributed by atoms with Gasteiger partial charge in [-0.15, -0.1) is 0 Å². The molecule has 1 amide bonds. The van der Waals surface area contributed by atoms with Crippen molar-refractivity contribution in [2.75, 3.05) is 32.8 Å². The molecule has 6 nitrogen and oxygen atoms in total. The van der Waals surface area contributed by atoms with E-state index in [1.54, 1.807) is 4.68 Å². The number of carbonyl (C=O) groups excluding carboxylic acids is 1. The van der Waals surface area contributed by atoms with E-state index >= 15 is 0 Å². The van der Waals surface area contributed by atoms with Crippen LogP contribution in [0.25, 0.3) is 0 Å². The number of aryl methyl sites for hydroxylation is 1. The topological polar surface area (TPSA) is 59.4 Å². The molecular formula is C16H28N4O2. The first kappa shape index (κ1) is 17.0. The van der Waals surface area contributed by atoms with Crippen LogP contribution in [-0.2, 0) is 11.8 Å². The second-order valence-electron chi connectivity index (χ2n) is 6.16. The number of likely N-dealkylation sites (N-methyl/N-ethyl adjacent to an activating group) is 1. The van der Waals surface area contributed by atoms with Crippen LogP contribution in [0.4, 0.5) is 0 Å². The first-order valence-electron chi connectivity index (χ1n) is 8.17. The van der Waals surface area contributed by atoms with E-state index in [9.17, 15) is 4.79 Å². The fourth-order valence-electron chi connectivity index (χ4n) is 2.66. The number of aromatic nitrogens is 2. The van der Waals surface area contributed by atoms with Gasteiger partial charge >= 0.3 is 0 Å². The highest BCUT2D eigenvalue weighted by molar-refractivity contribution is 5.92. The number of nitrogens with zero attached hydrogens (tertiary/aromatic N) is 3. The highest BCUT2D eigenvalue weighted by Crippen LogP contribution is 2.14. The second-order valence-corrected chi connectivity index (χ2v) is 6.16. The summed E-state index contributed by atoms with van der Waals surface area (Å²) in [7, 11) is 1.81. The normalized spacial score (nSPS) is 19.6. The summed E-state index contributed by atoms with van der Waals surface area (Å²) in [5, 5.41) is 7.35. The molecule has 0 spiro atoms. The number of hydrogen-bond donors (Lipinski definition) is 1. The van der Waals surface area contributed by atoms with Crippen LogP contribution in [0.2, 0.25) is 0 Å². The summed E-state index contributed by atoms with van der Waals surface area (Å²) in [5.41, 5.74) is 1.56. The molecule has 0 bridgehead atoms. The van der Waals surface area contributed by atoms with E-state index in [0.717, 1.165) is 38.4 Å². The predicted octanol–water partition coefficient (Wildman–Crippen LogP) is 1.38. The van der Waals surface area contributed by atoms with Gasteiger partial charge in [0.15, 0.2) is 0 Å². The Hall–Kier alpha value is -1.40. The summed E-state index contributed by atoms with van der Waals surface area (Å²) >= 11 is 0. The number of amides is 1. The summed E-state index contributed by atoms with van der Waals surface area (Å²) in [5.74, 6) is 0.258. The largest absolute Gasteiger partial charge is 0.375 e. The van der Waals surface area contributed by atoms with Crippen LogP contribution in [0.15, 0.2) is 6.07 Å². The maximum atomic E-state index is 12.2. The SMILES string of the molecule is CCN1CCOC(CCNC(=O)c2cc(C(C)C)nn2C)C1. The van der Waals surface area contributed by atoms with Crippen LogP contribution in [0.3, 0.4) is 0 Å². The molecule has 2 rings (SSSR count). The summed E-state index contributed by atoms with van der Waals surface area (Å²) in [6.45, 7) is 10.7. The zero-order valence-corrected chi connectivity index (χ0v) is 14.1. The fourth-order valence-corrected chi connectivity index (χ4v) is 2.66. The number of ether oxygens (including phenoxy) is 1. The van der Waals surface area contributed by atoms with Crippen molar-refractivity contribution in [3.05, 3.63) is 17.5 Å². The van der Waals surface area contributed by atoms with E-state index < -0.39 is 0 Å². The third-order valence-electron chi connectivity index (χ3n) is 4.14. The van der Waals surface area contributed by atoms with Gasteiger partial charge in [0.2, 0.25) is 0 Å². The molecule has 1 aliphatic heterocycles. The maximum Gasteiger partial charge on any atom is 0.269 e. The van der Waals surface area contributed by atoms with Crippen molar-refractivity contribution < 1.29 is 9.53 Å². The van der Waals surface area contributed by atoms with Crippen molar-refractivity contribution in [3.63, 3.8) is 0 Å². The van der Waals surface area contributed by atoms with E-state index in [-0.39, 0.29) is 12.0 Å².